The van der Waals surface area contributed by atoms with Crippen molar-refractivity contribution in [2.75, 3.05) is 0 Å². The second-order valence-corrected chi connectivity index (χ2v) is 9.49. The molecule has 1 aromatic heterocycles. The van der Waals surface area contributed by atoms with Gasteiger partial charge in [-0.05, 0) is 67.3 Å². The molecular formula is C21H20Cl2N2O2S. The normalized spacial score (nSPS) is 12.2. The largest absolute Gasteiger partial charge is 0.264 e. The summed E-state index contributed by atoms with van der Waals surface area (Å²) in [5.41, 5.74) is 3.03. The fourth-order valence-electron chi connectivity index (χ4n) is 3.01. The smallest absolute Gasteiger partial charge is 0.242 e. The van der Waals surface area contributed by atoms with Crippen molar-refractivity contribution in [1.82, 2.24) is 9.71 Å². The van der Waals surface area contributed by atoms with Crippen LogP contribution >= 0.6 is 23.2 Å². The van der Waals surface area contributed by atoms with Crippen molar-refractivity contribution in [3.63, 3.8) is 0 Å². The molecule has 146 valence electrons. The number of pyridine rings is 1. The van der Waals surface area contributed by atoms with Crippen LogP contribution in [0.4, 0.5) is 0 Å². The average Bonchev–Trinajstić information content (AvgIpc) is 2.63. The molecule has 0 saturated carbocycles. The van der Waals surface area contributed by atoms with E-state index in [4.69, 9.17) is 23.2 Å². The van der Waals surface area contributed by atoms with Gasteiger partial charge in [0.05, 0.1) is 15.6 Å². The van der Waals surface area contributed by atoms with Crippen LogP contribution in [0.5, 0.6) is 0 Å². The molecule has 0 fully saturated rings. The van der Waals surface area contributed by atoms with Gasteiger partial charge in [-0.2, -0.15) is 0 Å². The quantitative estimate of drug-likeness (QED) is 0.570. The van der Waals surface area contributed by atoms with Crippen molar-refractivity contribution < 1.29 is 8.42 Å². The Morgan fingerprint density at radius 1 is 1.04 bits per heavy atom. The van der Waals surface area contributed by atoms with E-state index in [1.807, 2.05) is 51.1 Å². The van der Waals surface area contributed by atoms with E-state index in [0.717, 1.165) is 22.3 Å². The molecule has 0 saturated heterocycles. The summed E-state index contributed by atoms with van der Waals surface area (Å²) in [6.07, 6.45) is 3.54. The van der Waals surface area contributed by atoms with Gasteiger partial charge in [0.2, 0.25) is 10.0 Å². The molecule has 3 aromatic rings. The molecule has 1 N–H and O–H groups in total. The van der Waals surface area contributed by atoms with Crippen LogP contribution in [0.15, 0.2) is 65.8 Å². The lowest BCUT2D eigenvalue weighted by Crippen LogP contribution is -2.41. The third kappa shape index (κ3) is 4.23. The fraction of sp³-hybridized carbons (Fsp3) is 0.190. The molecule has 7 heteroatoms. The lowest BCUT2D eigenvalue weighted by Gasteiger charge is -2.27. The van der Waals surface area contributed by atoms with E-state index in [-0.39, 0.29) is 14.9 Å². The summed E-state index contributed by atoms with van der Waals surface area (Å²) in [6.45, 7) is 5.60. The van der Waals surface area contributed by atoms with Gasteiger partial charge in [-0.25, -0.2) is 13.1 Å². The maximum absolute atomic E-state index is 12.9. The molecule has 2 aromatic carbocycles. The predicted octanol–water partition coefficient (Wildman–Crippen LogP) is 5.58. The highest BCUT2D eigenvalue weighted by Gasteiger charge is 2.30. The maximum Gasteiger partial charge on any atom is 0.242 e. The number of sulfonamides is 1. The zero-order valence-corrected chi connectivity index (χ0v) is 18.0. The van der Waals surface area contributed by atoms with Crippen LogP contribution in [-0.2, 0) is 15.6 Å². The Balaban J connectivity index is 1.98. The van der Waals surface area contributed by atoms with E-state index in [1.165, 1.54) is 6.07 Å². The molecule has 0 radical (unpaired) electrons. The third-order valence-electron chi connectivity index (χ3n) is 4.51. The summed E-state index contributed by atoms with van der Waals surface area (Å²) in [6, 6.07) is 14.3. The topological polar surface area (TPSA) is 59.1 Å². The first-order valence-electron chi connectivity index (χ1n) is 8.61. The van der Waals surface area contributed by atoms with E-state index >= 15 is 0 Å². The van der Waals surface area contributed by atoms with Gasteiger partial charge in [-0.15, -0.1) is 0 Å². The number of benzene rings is 2. The highest BCUT2D eigenvalue weighted by atomic mass is 35.5. The third-order valence-corrected chi connectivity index (χ3v) is 7.14. The number of aromatic nitrogens is 1. The second kappa shape index (κ2) is 7.84. The number of hydrogen-bond acceptors (Lipinski definition) is 3. The molecule has 1 heterocycles. The zero-order chi connectivity index (χ0) is 20.5. The molecule has 0 unspecified atom stereocenters. The van der Waals surface area contributed by atoms with Crippen LogP contribution < -0.4 is 4.72 Å². The summed E-state index contributed by atoms with van der Waals surface area (Å²) in [5, 5.41) is 0.200. The van der Waals surface area contributed by atoms with Crippen molar-refractivity contribution in [3.8, 4) is 11.1 Å². The summed E-state index contributed by atoms with van der Waals surface area (Å²) in [4.78, 5) is 4.08. The van der Waals surface area contributed by atoms with Crippen molar-refractivity contribution in [2.24, 2.45) is 0 Å². The Hall–Kier alpha value is -1.92. The minimum Gasteiger partial charge on any atom is -0.264 e. The Kier molecular flexibility index (Phi) is 5.82. The van der Waals surface area contributed by atoms with Crippen LogP contribution in [0, 0.1) is 6.92 Å². The predicted molar refractivity (Wildman–Crippen MR) is 114 cm³/mol. The molecule has 0 aliphatic carbocycles. The van der Waals surface area contributed by atoms with Gasteiger partial charge in [0, 0.05) is 12.4 Å². The monoisotopic (exact) mass is 434 g/mol. The van der Waals surface area contributed by atoms with Gasteiger partial charge in [0.1, 0.15) is 4.90 Å². The number of halogens is 2. The molecule has 0 amide bonds. The van der Waals surface area contributed by atoms with Crippen molar-refractivity contribution in [2.45, 2.75) is 31.2 Å². The zero-order valence-electron chi connectivity index (χ0n) is 15.7. The first-order chi connectivity index (χ1) is 13.1. The lowest BCUT2D eigenvalue weighted by molar-refractivity contribution is 0.472. The average molecular weight is 435 g/mol. The van der Waals surface area contributed by atoms with Crippen LogP contribution in [-0.4, -0.2) is 13.4 Å². The Labute approximate surface area is 175 Å². The Morgan fingerprint density at radius 3 is 2.46 bits per heavy atom. The van der Waals surface area contributed by atoms with Gasteiger partial charge < -0.3 is 0 Å². The molecule has 0 bridgehead atoms. The Morgan fingerprint density at radius 2 is 1.75 bits per heavy atom. The van der Waals surface area contributed by atoms with Crippen molar-refractivity contribution >= 4 is 33.2 Å². The number of rotatable bonds is 5. The highest BCUT2D eigenvalue weighted by molar-refractivity contribution is 7.89. The first kappa shape index (κ1) is 20.8. The highest BCUT2D eigenvalue weighted by Crippen LogP contribution is 2.32. The van der Waals surface area contributed by atoms with E-state index < -0.39 is 15.6 Å². The van der Waals surface area contributed by atoms with E-state index in [0.29, 0.717) is 0 Å². The molecule has 0 atom stereocenters. The van der Waals surface area contributed by atoms with Gasteiger partial charge in [-0.3, -0.25) is 4.98 Å². The number of nitrogens with zero attached hydrogens (tertiary/aromatic N) is 1. The summed E-state index contributed by atoms with van der Waals surface area (Å²) in [7, 11) is -3.88. The number of aryl methyl sites for hydroxylation is 1. The Bertz CT molecular complexity index is 1130. The van der Waals surface area contributed by atoms with Gasteiger partial charge in [-0.1, -0.05) is 47.5 Å². The second-order valence-electron chi connectivity index (χ2n) is 7.05. The lowest BCUT2D eigenvalue weighted by atomic mass is 9.92. The molecule has 3 rings (SSSR count). The van der Waals surface area contributed by atoms with E-state index in [1.54, 1.807) is 24.5 Å². The van der Waals surface area contributed by atoms with Gasteiger partial charge in [0.15, 0.2) is 0 Å². The summed E-state index contributed by atoms with van der Waals surface area (Å²) >= 11 is 12.1. The molecule has 4 nitrogen and oxygen atoms in total. The van der Waals surface area contributed by atoms with Crippen LogP contribution in [0.3, 0.4) is 0 Å². The fourth-order valence-corrected chi connectivity index (χ4v) is 5.18. The summed E-state index contributed by atoms with van der Waals surface area (Å²) < 4.78 is 28.6. The van der Waals surface area contributed by atoms with Crippen LogP contribution in [0.2, 0.25) is 10.0 Å². The summed E-state index contributed by atoms with van der Waals surface area (Å²) in [5.74, 6) is 0. The minimum atomic E-state index is -3.88. The van der Waals surface area contributed by atoms with E-state index in [9.17, 15) is 8.42 Å². The number of hydrogen-bond donors (Lipinski definition) is 1. The molecular weight excluding hydrogens is 415 g/mol. The SMILES string of the molecule is Cc1cnccc1-c1cccc(C(C)(C)NS(=O)(=O)c2cccc(Cl)c2Cl)c1. The molecule has 0 spiro atoms. The maximum atomic E-state index is 12.9. The molecule has 28 heavy (non-hydrogen) atoms. The van der Waals surface area contributed by atoms with Gasteiger partial charge in [0.25, 0.3) is 0 Å². The van der Waals surface area contributed by atoms with Crippen molar-refractivity contribution in [3.05, 3.63) is 82.1 Å². The molecule has 0 aliphatic heterocycles. The molecule has 0 aliphatic rings. The van der Waals surface area contributed by atoms with Crippen molar-refractivity contribution in [1.29, 1.82) is 0 Å². The standard InChI is InChI=1S/C21H20Cl2N2O2S/c1-14-13-24-11-10-17(14)15-6-4-7-16(12-15)21(2,3)25-28(26,27)19-9-5-8-18(22)20(19)23/h4-13,25H,1-3H3. The van der Waals surface area contributed by atoms with Crippen LogP contribution in [0.1, 0.15) is 25.0 Å². The van der Waals surface area contributed by atoms with E-state index in [2.05, 4.69) is 9.71 Å². The first-order valence-corrected chi connectivity index (χ1v) is 10.9. The minimum absolute atomic E-state index is 0.00799. The number of nitrogens with one attached hydrogen (secondary N) is 1. The van der Waals surface area contributed by atoms with Gasteiger partial charge >= 0.3 is 0 Å². The van der Waals surface area contributed by atoms with Crippen LogP contribution in [0.25, 0.3) is 11.1 Å².